The van der Waals surface area contributed by atoms with E-state index in [9.17, 15) is 9.59 Å². The van der Waals surface area contributed by atoms with Crippen LogP contribution in [0.25, 0.3) is 0 Å². The van der Waals surface area contributed by atoms with Gasteiger partial charge < -0.3 is 26.8 Å². The fourth-order valence-corrected chi connectivity index (χ4v) is 2.32. The Kier molecular flexibility index (Phi) is 10.6. The molecule has 1 aromatic rings. The van der Waals surface area contributed by atoms with E-state index in [-0.39, 0.29) is 24.6 Å². The maximum Gasteiger partial charge on any atom is 0.255 e. The number of methoxy groups -OCH3 is 1. The van der Waals surface area contributed by atoms with Crippen molar-refractivity contribution >= 4 is 11.8 Å². The molecule has 0 saturated carbocycles. The molecule has 0 aliphatic carbocycles. The van der Waals surface area contributed by atoms with E-state index < -0.39 is 5.91 Å². The number of carbonyl (C=O) groups is 2. The van der Waals surface area contributed by atoms with Crippen LogP contribution in [0.3, 0.4) is 0 Å². The van der Waals surface area contributed by atoms with Gasteiger partial charge in [0.2, 0.25) is 0 Å². The molecule has 7 heteroatoms. The normalized spacial score (nSPS) is 12.0. The van der Waals surface area contributed by atoms with E-state index in [0.29, 0.717) is 22.5 Å². The SMILES string of the molecule is C=C/C=C\C(=C/N)CNC(=O)c1ccc(OC)c(C(=O)NCC(/C=C\C=C)=C/N)c1. The molecule has 7 nitrogen and oxygen atoms in total. The predicted octanol–water partition coefficient (Wildman–Crippen LogP) is 2.32. The third-order valence-corrected chi connectivity index (χ3v) is 3.93. The summed E-state index contributed by atoms with van der Waals surface area (Å²) in [6.07, 6.45) is 12.9. The Morgan fingerprint density at radius 2 is 1.50 bits per heavy atom. The zero-order chi connectivity index (χ0) is 22.4. The standard InChI is InChI=1S/C23H28N4O3/c1-4-6-8-17(13-24)15-26-22(28)19-10-11-21(30-3)20(12-19)23(29)27-16-18(14-25)9-7-5-2/h4-14H,1-2,15-16,24-25H2,3H3,(H,26,28)(H,27,29)/b8-6-,9-7-,17-13+,18-14+. The van der Waals surface area contributed by atoms with Crippen LogP contribution in [0.2, 0.25) is 0 Å². The van der Waals surface area contributed by atoms with Gasteiger partial charge >= 0.3 is 0 Å². The summed E-state index contributed by atoms with van der Waals surface area (Å²) in [6.45, 7) is 7.61. The van der Waals surface area contributed by atoms with Gasteiger partial charge in [-0.15, -0.1) is 0 Å². The molecule has 0 spiro atoms. The Hall–Kier alpha value is -4.00. The van der Waals surface area contributed by atoms with E-state index >= 15 is 0 Å². The number of ether oxygens (including phenoxy) is 1. The largest absolute Gasteiger partial charge is 0.496 e. The van der Waals surface area contributed by atoms with Crippen LogP contribution < -0.4 is 26.8 Å². The number of allylic oxidation sites excluding steroid dienone is 4. The lowest BCUT2D eigenvalue weighted by molar-refractivity contribution is 0.0954. The van der Waals surface area contributed by atoms with E-state index in [0.717, 1.165) is 0 Å². The van der Waals surface area contributed by atoms with Crippen molar-refractivity contribution in [1.29, 1.82) is 0 Å². The van der Waals surface area contributed by atoms with Crippen LogP contribution in [-0.2, 0) is 0 Å². The first-order valence-electron chi connectivity index (χ1n) is 9.14. The average molecular weight is 409 g/mol. The predicted molar refractivity (Wildman–Crippen MR) is 121 cm³/mol. The second kappa shape index (κ2) is 13.2. The molecule has 30 heavy (non-hydrogen) atoms. The highest BCUT2D eigenvalue weighted by atomic mass is 16.5. The zero-order valence-electron chi connectivity index (χ0n) is 17.1. The van der Waals surface area contributed by atoms with Crippen molar-refractivity contribution in [2.75, 3.05) is 20.2 Å². The Balaban J connectivity index is 2.94. The summed E-state index contributed by atoms with van der Waals surface area (Å²) in [6, 6.07) is 4.62. The zero-order valence-corrected chi connectivity index (χ0v) is 17.1. The Bertz CT molecular complexity index is 896. The minimum atomic E-state index is -0.399. The van der Waals surface area contributed by atoms with Gasteiger partial charge in [-0.25, -0.2) is 0 Å². The van der Waals surface area contributed by atoms with Crippen LogP contribution in [0.4, 0.5) is 0 Å². The van der Waals surface area contributed by atoms with Gasteiger partial charge in [-0.2, -0.15) is 0 Å². The van der Waals surface area contributed by atoms with Crippen LogP contribution in [0.5, 0.6) is 5.75 Å². The van der Waals surface area contributed by atoms with Crippen molar-refractivity contribution in [2.45, 2.75) is 0 Å². The molecule has 0 heterocycles. The van der Waals surface area contributed by atoms with Crippen molar-refractivity contribution in [3.63, 3.8) is 0 Å². The van der Waals surface area contributed by atoms with Crippen LogP contribution in [-0.4, -0.2) is 32.0 Å². The number of carbonyl (C=O) groups excluding carboxylic acids is 2. The number of nitrogens with two attached hydrogens (primary N) is 2. The summed E-state index contributed by atoms with van der Waals surface area (Å²) in [5.74, 6) is -0.403. The lowest BCUT2D eigenvalue weighted by Crippen LogP contribution is -2.28. The summed E-state index contributed by atoms with van der Waals surface area (Å²) < 4.78 is 5.26. The van der Waals surface area contributed by atoms with Crippen LogP contribution in [0.1, 0.15) is 20.7 Å². The lowest BCUT2D eigenvalue weighted by atomic mass is 10.1. The summed E-state index contributed by atoms with van der Waals surface area (Å²) in [5.41, 5.74) is 13.1. The Labute approximate surface area is 177 Å². The van der Waals surface area contributed by atoms with Crippen molar-refractivity contribution in [3.8, 4) is 5.75 Å². The first-order chi connectivity index (χ1) is 14.5. The smallest absolute Gasteiger partial charge is 0.255 e. The minimum Gasteiger partial charge on any atom is -0.496 e. The number of benzene rings is 1. The highest BCUT2D eigenvalue weighted by molar-refractivity contribution is 6.01. The van der Waals surface area contributed by atoms with E-state index in [1.165, 1.54) is 25.6 Å². The fourth-order valence-electron chi connectivity index (χ4n) is 2.32. The molecular formula is C23H28N4O3. The maximum atomic E-state index is 12.6. The van der Waals surface area contributed by atoms with Crippen molar-refractivity contribution in [1.82, 2.24) is 10.6 Å². The van der Waals surface area contributed by atoms with E-state index in [1.807, 2.05) is 0 Å². The molecule has 0 bridgehead atoms. The molecule has 0 unspecified atom stereocenters. The molecule has 0 aromatic heterocycles. The molecule has 0 fully saturated rings. The lowest BCUT2D eigenvalue weighted by Gasteiger charge is -2.12. The molecule has 0 saturated heterocycles. The van der Waals surface area contributed by atoms with Gasteiger partial charge in [0.25, 0.3) is 11.8 Å². The molecule has 6 N–H and O–H groups in total. The number of hydrogen-bond acceptors (Lipinski definition) is 5. The molecule has 0 aliphatic heterocycles. The molecule has 0 aliphatic rings. The van der Waals surface area contributed by atoms with Crippen molar-refractivity contribution < 1.29 is 14.3 Å². The second-order valence-electron chi connectivity index (χ2n) is 5.95. The Morgan fingerprint density at radius 3 is 1.97 bits per heavy atom. The van der Waals surface area contributed by atoms with Gasteiger partial charge in [0.15, 0.2) is 0 Å². The Morgan fingerprint density at radius 1 is 0.967 bits per heavy atom. The summed E-state index contributed by atoms with van der Waals surface area (Å²) in [5, 5.41) is 5.51. The number of nitrogens with one attached hydrogen (secondary N) is 2. The van der Waals surface area contributed by atoms with Gasteiger partial charge in [0.1, 0.15) is 5.75 Å². The quantitative estimate of drug-likeness (QED) is 0.419. The summed E-state index contributed by atoms with van der Waals surface area (Å²) in [7, 11) is 1.45. The van der Waals surface area contributed by atoms with Gasteiger partial charge in [0.05, 0.1) is 12.7 Å². The van der Waals surface area contributed by atoms with Gasteiger partial charge in [-0.3, -0.25) is 9.59 Å². The number of amides is 2. The van der Waals surface area contributed by atoms with Crippen molar-refractivity contribution in [3.05, 3.63) is 102 Å². The van der Waals surface area contributed by atoms with E-state index in [2.05, 4.69) is 23.8 Å². The molecule has 2 amide bonds. The molecule has 0 radical (unpaired) electrons. The minimum absolute atomic E-state index is 0.208. The molecule has 0 atom stereocenters. The highest BCUT2D eigenvalue weighted by Gasteiger charge is 2.16. The highest BCUT2D eigenvalue weighted by Crippen LogP contribution is 2.20. The second-order valence-corrected chi connectivity index (χ2v) is 5.95. The van der Waals surface area contributed by atoms with Crippen LogP contribution in [0, 0.1) is 0 Å². The van der Waals surface area contributed by atoms with Crippen LogP contribution >= 0.6 is 0 Å². The third-order valence-electron chi connectivity index (χ3n) is 3.93. The van der Waals surface area contributed by atoms with Gasteiger partial charge in [-0.05, 0) is 41.7 Å². The van der Waals surface area contributed by atoms with Crippen molar-refractivity contribution in [2.24, 2.45) is 11.5 Å². The van der Waals surface area contributed by atoms with E-state index in [1.54, 1.807) is 48.6 Å². The average Bonchev–Trinajstić information content (AvgIpc) is 2.78. The third kappa shape index (κ3) is 7.55. The fraction of sp³-hybridized carbons (Fsp3) is 0.130. The summed E-state index contributed by atoms with van der Waals surface area (Å²) in [4.78, 5) is 25.1. The topological polar surface area (TPSA) is 119 Å². The summed E-state index contributed by atoms with van der Waals surface area (Å²) >= 11 is 0. The number of rotatable bonds is 11. The first kappa shape index (κ1) is 24.0. The monoisotopic (exact) mass is 408 g/mol. The molecule has 1 aromatic carbocycles. The van der Waals surface area contributed by atoms with E-state index in [4.69, 9.17) is 16.2 Å². The van der Waals surface area contributed by atoms with Gasteiger partial charge in [-0.1, -0.05) is 49.6 Å². The molecule has 1 rings (SSSR count). The molecular weight excluding hydrogens is 380 g/mol. The molecule has 158 valence electrons. The van der Waals surface area contributed by atoms with Crippen LogP contribution in [0.15, 0.2) is 91.4 Å². The first-order valence-corrected chi connectivity index (χ1v) is 9.14. The number of hydrogen-bond donors (Lipinski definition) is 4. The maximum absolute atomic E-state index is 12.6. The van der Waals surface area contributed by atoms with Gasteiger partial charge in [0, 0.05) is 18.7 Å².